The summed E-state index contributed by atoms with van der Waals surface area (Å²) in [7, 11) is 1.69. The normalized spacial score (nSPS) is 33.5. The van der Waals surface area contributed by atoms with Crippen molar-refractivity contribution < 1.29 is 14.7 Å². The maximum absolute atomic E-state index is 12.0. The molecule has 0 aromatic carbocycles. The second-order valence-electron chi connectivity index (χ2n) is 5.54. The maximum atomic E-state index is 12.0. The zero-order valence-electron chi connectivity index (χ0n) is 11.8. The summed E-state index contributed by atoms with van der Waals surface area (Å²) in [5, 5.41) is 14.7. The zero-order chi connectivity index (χ0) is 14.5. The highest BCUT2D eigenvalue weighted by molar-refractivity contribution is 5.87. The van der Waals surface area contributed by atoms with Crippen molar-refractivity contribution in [1.29, 1.82) is 0 Å². The van der Waals surface area contributed by atoms with Gasteiger partial charge in [0, 0.05) is 19.6 Å². The van der Waals surface area contributed by atoms with Gasteiger partial charge < -0.3 is 20.6 Å². The molecule has 112 valence electrons. The second kappa shape index (κ2) is 6.74. The average molecular weight is 281 g/mol. The highest BCUT2D eigenvalue weighted by atomic mass is 16.3. The van der Waals surface area contributed by atoms with E-state index in [1.54, 1.807) is 11.9 Å². The number of amides is 3. The maximum Gasteiger partial charge on any atom is 0.317 e. The van der Waals surface area contributed by atoms with Gasteiger partial charge in [0.1, 0.15) is 6.04 Å². The summed E-state index contributed by atoms with van der Waals surface area (Å²) in [6.07, 6.45) is 8.24. The van der Waals surface area contributed by atoms with Crippen LogP contribution in [0.1, 0.15) is 25.7 Å². The summed E-state index contributed by atoms with van der Waals surface area (Å²) in [6, 6.07) is -1.05. The van der Waals surface area contributed by atoms with Gasteiger partial charge in [-0.1, -0.05) is 12.2 Å². The minimum Gasteiger partial charge on any atom is -0.394 e. The first-order valence-electron chi connectivity index (χ1n) is 7.21. The first kappa shape index (κ1) is 14.8. The second-order valence-corrected chi connectivity index (χ2v) is 5.54. The van der Waals surface area contributed by atoms with Gasteiger partial charge in [-0.25, -0.2) is 4.79 Å². The minimum absolute atomic E-state index is 0.144. The van der Waals surface area contributed by atoms with E-state index in [9.17, 15) is 14.7 Å². The Balaban J connectivity index is 2.00. The number of allylic oxidation sites excluding steroid dienone is 1. The van der Waals surface area contributed by atoms with Crippen molar-refractivity contribution in [3.63, 3.8) is 0 Å². The third kappa shape index (κ3) is 3.96. The van der Waals surface area contributed by atoms with E-state index in [1.807, 2.05) is 0 Å². The van der Waals surface area contributed by atoms with Gasteiger partial charge in [0.05, 0.1) is 6.61 Å². The molecule has 0 radical (unpaired) electrons. The molecule has 1 fully saturated rings. The number of carbonyl (C=O) groups excluding carboxylic acids is 2. The number of rotatable bonds is 1. The highest BCUT2D eigenvalue weighted by Gasteiger charge is 2.37. The molecule has 6 heteroatoms. The number of urea groups is 1. The Morgan fingerprint density at radius 1 is 1.35 bits per heavy atom. The SMILES string of the molecule is CN1CCCC/C=C\[C@@H]2C[C@H]2NC(=O)[C@H](CO)NC1=O. The van der Waals surface area contributed by atoms with E-state index in [2.05, 4.69) is 22.8 Å². The molecule has 0 bridgehead atoms. The largest absolute Gasteiger partial charge is 0.394 e. The van der Waals surface area contributed by atoms with E-state index in [-0.39, 0.29) is 18.0 Å². The van der Waals surface area contributed by atoms with Crippen LogP contribution in [-0.2, 0) is 4.79 Å². The van der Waals surface area contributed by atoms with Crippen molar-refractivity contribution >= 4 is 11.9 Å². The lowest BCUT2D eigenvalue weighted by atomic mass is 10.2. The molecule has 2 rings (SSSR count). The summed E-state index contributed by atoms with van der Waals surface area (Å²) in [4.78, 5) is 25.4. The Morgan fingerprint density at radius 2 is 2.15 bits per heavy atom. The van der Waals surface area contributed by atoms with E-state index < -0.39 is 12.6 Å². The van der Waals surface area contributed by atoms with Crippen LogP contribution in [0, 0.1) is 5.92 Å². The van der Waals surface area contributed by atoms with E-state index >= 15 is 0 Å². The van der Waals surface area contributed by atoms with Crippen LogP contribution >= 0.6 is 0 Å². The van der Waals surface area contributed by atoms with Crippen molar-refractivity contribution in [1.82, 2.24) is 15.5 Å². The van der Waals surface area contributed by atoms with Gasteiger partial charge in [-0.05, 0) is 31.6 Å². The van der Waals surface area contributed by atoms with Crippen LogP contribution in [0.5, 0.6) is 0 Å². The van der Waals surface area contributed by atoms with Crippen LogP contribution < -0.4 is 10.6 Å². The summed E-state index contributed by atoms with van der Waals surface area (Å²) < 4.78 is 0. The van der Waals surface area contributed by atoms with Gasteiger partial charge in [0.15, 0.2) is 0 Å². The molecule has 3 N–H and O–H groups in total. The quantitative estimate of drug-likeness (QED) is 0.602. The lowest BCUT2D eigenvalue weighted by molar-refractivity contribution is -0.124. The summed E-state index contributed by atoms with van der Waals surface area (Å²) in [5.41, 5.74) is 0. The Morgan fingerprint density at radius 3 is 2.90 bits per heavy atom. The number of carbonyl (C=O) groups is 2. The summed E-state index contributed by atoms with van der Waals surface area (Å²) >= 11 is 0. The van der Waals surface area contributed by atoms with E-state index in [4.69, 9.17) is 0 Å². The zero-order valence-corrected chi connectivity index (χ0v) is 11.8. The van der Waals surface area contributed by atoms with Crippen molar-refractivity contribution in [3.05, 3.63) is 12.2 Å². The Hall–Kier alpha value is -1.56. The summed E-state index contributed by atoms with van der Waals surface area (Å²) in [5.74, 6) is 0.0896. The molecule has 0 saturated heterocycles. The van der Waals surface area contributed by atoms with Crippen LogP contribution in [0.15, 0.2) is 12.2 Å². The molecule has 0 unspecified atom stereocenters. The van der Waals surface area contributed by atoms with Gasteiger partial charge >= 0.3 is 6.03 Å². The van der Waals surface area contributed by atoms with Gasteiger partial charge in [-0.15, -0.1) is 0 Å². The van der Waals surface area contributed by atoms with Crippen molar-refractivity contribution in [2.75, 3.05) is 20.2 Å². The number of aliphatic hydroxyl groups excluding tert-OH is 1. The van der Waals surface area contributed by atoms with Gasteiger partial charge in [0.25, 0.3) is 0 Å². The monoisotopic (exact) mass is 281 g/mol. The predicted octanol–water partition coefficient (Wildman–Crippen LogP) is 0.234. The lowest BCUT2D eigenvalue weighted by Gasteiger charge is -2.22. The average Bonchev–Trinajstić information content (AvgIpc) is 3.16. The number of aliphatic hydroxyl groups is 1. The van der Waals surface area contributed by atoms with Crippen LogP contribution in [0.4, 0.5) is 4.79 Å². The number of hydrogen-bond donors (Lipinski definition) is 3. The fourth-order valence-corrected chi connectivity index (χ4v) is 2.31. The topological polar surface area (TPSA) is 81.7 Å². The number of fused-ring (bicyclic) bond motifs is 1. The number of hydrogen-bond acceptors (Lipinski definition) is 3. The van der Waals surface area contributed by atoms with E-state index in [0.717, 1.165) is 25.7 Å². The molecular formula is C14H23N3O3. The molecule has 2 aliphatic rings. The van der Waals surface area contributed by atoms with Crippen molar-refractivity contribution in [2.45, 2.75) is 37.8 Å². The molecule has 1 saturated carbocycles. The third-order valence-electron chi connectivity index (χ3n) is 3.81. The molecule has 1 heterocycles. The fourth-order valence-electron chi connectivity index (χ4n) is 2.31. The Bertz CT molecular complexity index is 397. The van der Waals surface area contributed by atoms with Crippen LogP contribution in [0.2, 0.25) is 0 Å². The van der Waals surface area contributed by atoms with Gasteiger partial charge in [0.2, 0.25) is 5.91 Å². The van der Waals surface area contributed by atoms with Crippen LogP contribution in [0.25, 0.3) is 0 Å². The molecule has 1 aliphatic carbocycles. The molecule has 1 aliphatic heterocycles. The molecule has 6 nitrogen and oxygen atoms in total. The van der Waals surface area contributed by atoms with Crippen molar-refractivity contribution in [2.24, 2.45) is 5.92 Å². The van der Waals surface area contributed by atoms with E-state index in [1.165, 1.54) is 0 Å². The number of nitrogens with zero attached hydrogens (tertiary/aromatic N) is 1. The molecule has 0 spiro atoms. The van der Waals surface area contributed by atoms with Crippen LogP contribution in [0.3, 0.4) is 0 Å². The molecule has 3 atom stereocenters. The third-order valence-corrected chi connectivity index (χ3v) is 3.81. The lowest BCUT2D eigenvalue weighted by Crippen LogP contribution is -2.52. The standard InChI is InChI=1S/C14H23N3O3/c1-17-7-5-3-2-4-6-10-8-11(10)15-13(19)12(9-18)16-14(17)20/h4,6,10-12,18H,2-3,5,7-9H2,1H3,(H,15,19)(H,16,20)/b6-4-/t10-,11-,12+/m1/s1. The highest BCUT2D eigenvalue weighted by Crippen LogP contribution is 2.31. The smallest absolute Gasteiger partial charge is 0.317 e. The fraction of sp³-hybridized carbons (Fsp3) is 0.714. The Labute approximate surface area is 119 Å². The molecule has 0 aromatic rings. The molecular weight excluding hydrogens is 258 g/mol. The first-order chi connectivity index (χ1) is 9.61. The molecule has 3 amide bonds. The van der Waals surface area contributed by atoms with E-state index in [0.29, 0.717) is 12.5 Å². The minimum atomic E-state index is -0.877. The van der Waals surface area contributed by atoms with Gasteiger partial charge in [-0.3, -0.25) is 4.79 Å². The summed E-state index contributed by atoms with van der Waals surface area (Å²) in [6.45, 7) is 0.254. The first-order valence-corrected chi connectivity index (χ1v) is 7.21. The van der Waals surface area contributed by atoms with Crippen molar-refractivity contribution in [3.8, 4) is 0 Å². The van der Waals surface area contributed by atoms with Crippen LogP contribution in [-0.4, -0.2) is 54.2 Å². The molecule has 20 heavy (non-hydrogen) atoms. The molecule has 0 aromatic heterocycles. The van der Waals surface area contributed by atoms with Gasteiger partial charge in [-0.2, -0.15) is 0 Å². The Kier molecular flexibility index (Phi) is 5.00. The number of nitrogens with one attached hydrogen (secondary N) is 2. The predicted molar refractivity (Wildman–Crippen MR) is 75.1 cm³/mol.